The maximum atomic E-state index is 11.4. The molecule has 17 heavy (non-hydrogen) atoms. The van der Waals surface area contributed by atoms with E-state index in [-0.39, 0.29) is 5.97 Å². The maximum Gasteiger partial charge on any atom is 0.311 e. The van der Waals surface area contributed by atoms with Gasteiger partial charge in [0.15, 0.2) is 0 Å². The first-order valence-electron chi connectivity index (χ1n) is 6.12. The Bertz CT molecular complexity index is 341. The zero-order chi connectivity index (χ0) is 12.7. The molecular weight excluding hydrogens is 216 g/mol. The maximum absolute atomic E-state index is 11.4. The van der Waals surface area contributed by atoms with Crippen LogP contribution in [0.3, 0.4) is 0 Å². The highest BCUT2D eigenvalue weighted by Crippen LogP contribution is 2.17. The zero-order valence-electron chi connectivity index (χ0n) is 10.5. The van der Waals surface area contributed by atoms with Gasteiger partial charge in [-0.3, -0.25) is 4.79 Å². The van der Waals surface area contributed by atoms with E-state index in [1.54, 1.807) is 31.2 Å². The van der Waals surface area contributed by atoms with Crippen molar-refractivity contribution in [2.45, 2.75) is 45.6 Å². The fourth-order valence-corrected chi connectivity index (χ4v) is 1.52. The van der Waals surface area contributed by atoms with E-state index in [9.17, 15) is 9.90 Å². The lowest BCUT2D eigenvalue weighted by atomic mass is 10.1. The second kappa shape index (κ2) is 7.07. The van der Waals surface area contributed by atoms with Gasteiger partial charge in [-0.25, -0.2) is 0 Å². The van der Waals surface area contributed by atoms with Crippen LogP contribution in [0.25, 0.3) is 0 Å². The second-order valence-electron chi connectivity index (χ2n) is 4.18. The van der Waals surface area contributed by atoms with Gasteiger partial charge in [0.05, 0.1) is 6.10 Å². The van der Waals surface area contributed by atoms with E-state index < -0.39 is 6.10 Å². The molecule has 0 heterocycles. The molecule has 3 heteroatoms. The van der Waals surface area contributed by atoms with Gasteiger partial charge in [0.2, 0.25) is 0 Å². The second-order valence-corrected chi connectivity index (χ2v) is 4.18. The van der Waals surface area contributed by atoms with Crippen molar-refractivity contribution in [2.24, 2.45) is 0 Å². The molecule has 1 aromatic carbocycles. The monoisotopic (exact) mass is 236 g/mol. The first kappa shape index (κ1) is 13.7. The van der Waals surface area contributed by atoms with Crippen molar-refractivity contribution in [3.05, 3.63) is 29.8 Å². The summed E-state index contributed by atoms with van der Waals surface area (Å²) in [4.78, 5) is 11.4. The Morgan fingerprint density at radius 1 is 1.29 bits per heavy atom. The van der Waals surface area contributed by atoms with E-state index in [1.165, 1.54) is 0 Å². The molecule has 0 amide bonds. The van der Waals surface area contributed by atoms with Crippen LogP contribution in [-0.4, -0.2) is 11.1 Å². The Morgan fingerprint density at radius 2 is 1.94 bits per heavy atom. The van der Waals surface area contributed by atoms with Gasteiger partial charge in [-0.15, -0.1) is 0 Å². The molecule has 94 valence electrons. The van der Waals surface area contributed by atoms with E-state index in [1.807, 2.05) is 0 Å². The van der Waals surface area contributed by atoms with Crippen molar-refractivity contribution in [1.82, 2.24) is 0 Å². The average molecular weight is 236 g/mol. The van der Waals surface area contributed by atoms with E-state index in [0.29, 0.717) is 12.2 Å². The molecular formula is C14H20O3. The normalized spacial score (nSPS) is 12.2. The van der Waals surface area contributed by atoms with Gasteiger partial charge in [0, 0.05) is 6.42 Å². The predicted octanol–water partition coefficient (Wildman–Crippen LogP) is 3.23. The third kappa shape index (κ3) is 5.00. The van der Waals surface area contributed by atoms with Crippen LogP contribution in [0.1, 0.15) is 51.2 Å². The SMILES string of the molecule is CCCCCC(=O)Oc1ccc(C(C)O)cc1. The number of rotatable bonds is 6. The van der Waals surface area contributed by atoms with Crippen molar-refractivity contribution in [2.75, 3.05) is 0 Å². The molecule has 0 saturated heterocycles. The molecule has 0 fully saturated rings. The topological polar surface area (TPSA) is 46.5 Å². The summed E-state index contributed by atoms with van der Waals surface area (Å²) >= 11 is 0. The average Bonchev–Trinajstić information content (AvgIpc) is 2.30. The molecule has 1 atom stereocenters. The minimum absolute atomic E-state index is 0.191. The lowest BCUT2D eigenvalue weighted by Gasteiger charge is -2.07. The molecule has 1 rings (SSSR count). The highest BCUT2D eigenvalue weighted by Gasteiger charge is 2.05. The molecule has 1 aromatic rings. The highest BCUT2D eigenvalue weighted by atomic mass is 16.5. The molecule has 0 spiro atoms. The number of unbranched alkanes of at least 4 members (excludes halogenated alkanes) is 2. The summed E-state index contributed by atoms with van der Waals surface area (Å²) in [7, 11) is 0. The van der Waals surface area contributed by atoms with E-state index in [0.717, 1.165) is 24.8 Å². The van der Waals surface area contributed by atoms with Crippen molar-refractivity contribution in [1.29, 1.82) is 0 Å². The molecule has 0 aliphatic rings. The number of hydrogen-bond donors (Lipinski definition) is 1. The van der Waals surface area contributed by atoms with Gasteiger partial charge in [-0.2, -0.15) is 0 Å². The standard InChI is InChI=1S/C14H20O3/c1-3-4-5-6-14(16)17-13-9-7-12(8-10-13)11(2)15/h7-11,15H,3-6H2,1-2H3. The Labute approximate surface area is 102 Å². The molecule has 0 aromatic heterocycles. The molecule has 0 aliphatic heterocycles. The number of esters is 1. The molecule has 1 N–H and O–H groups in total. The van der Waals surface area contributed by atoms with Gasteiger partial charge in [0.25, 0.3) is 0 Å². The molecule has 0 aliphatic carbocycles. The van der Waals surface area contributed by atoms with Crippen LogP contribution in [-0.2, 0) is 4.79 Å². The quantitative estimate of drug-likeness (QED) is 0.468. The summed E-state index contributed by atoms with van der Waals surface area (Å²) in [5.41, 5.74) is 0.816. The molecule has 0 bridgehead atoms. The van der Waals surface area contributed by atoms with Crippen LogP contribution >= 0.6 is 0 Å². The van der Waals surface area contributed by atoms with Gasteiger partial charge < -0.3 is 9.84 Å². The summed E-state index contributed by atoms with van der Waals surface area (Å²) < 4.78 is 5.18. The third-order valence-corrected chi connectivity index (χ3v) is 2.58. The Hall–Kier alpha value is -1.35. The van der Waals surface area contributed by atoms with E-state index in [2.05, 4.69) is 6.92 Å². The van der Waals surface area contributed by atoms with Crippen LogP contribution in [0.5, 0.6) is 5.75 Å². The minimum atomic E-state index is -0.496. The first-order chi connectivity index (χ1) is 8.13. The minimum Gasteiger partial charge on any atom is -0.427 e. The van der Waals surface area contributed by atoms with E-state index >= 15 is 0 Å². The van der Waals surface area contributed by atoms with Crippen molar-refractivity contribution >= 4 is 5.97 Å². The van der Waals surface area contributed by atoms with Gasteiger partial charge in [0.1, 0.15) is 5.75 Å². The van der Waals surface area contributed by atoms with E-state index in [4.69, 9.17) is 4.74 Å². The highest BCUT2D eigenvalue weighted by molar-refractivity contribution is 5.72. The van der Waals surface area contributed by atoms with Crippen LogP contribution < -0.4 is 4.74 Å². The Balaban J connectivity index is 2.43. The predicted molar refractivity (Wildman–Crippen MR) is 66.9 cm³/mol. The number of carbonyl (C=O) groups is 1. The Kier molecular flexibility index (Phi) is 5.70. The fourth-order valence-electron chi connectivity index (χ4n) is 1.52. The largest absolute Gasteiger partial charge is 0.427 e. The fraction of sp³-hybridized carbons (Fsp3) is 0.500. The van der Waals surface area contributed by atoms with Crippen molar-refractivity contribution in [3.63, 3.8) is 0 Å². The number of aliphatic hydroxyl groups is 1. The smallest absolute Gasteiger partial charge is 0.311 e. The molecule has 0 radical (unpaired) electrons. The molecule has 3 nitrogen and oxygen atoms in total. The summed E-state index contributed by atoms with van der Waals surface area (Å²) in [6, 6.07) is 6.94. The lowest BCUT2D eigenvalue weighted by molar-refractivity contribution is -0.134. The molecule has 0 saturated carbocycles. The number of ether oxygens (including phenoxy) is 1. The van der Waals surface area contributed by atoms with Gasteiger partial charge in [-0.1, -0.05) is 31.9 Å². The van der Waals surface area contributed by atoms with Crippen molar-refractivity contribution < 1.29 is 14.6 Å². The number of benzene rings is 1. The molecule has 1 unspecified atom stereocenters. The summed E-state index contributed by atoms with van der Waals surface area (Å²) in [6.45, 7) is 3.80. The van der Waals surface area contributed by atoms with Gasteiger partial charge >= 0.3 is 5.97 Å². The Morgan fingerprint density at radius 3 is 2.47 bits per heavy atom. The van der Waals surface area contributed by atoms with Crippen LogP contribution in [0.4, 0.5) is 0 Å². The number of hydrogen-bond acceptors (Lipinski definition) is 3. The summed E-state index contributed by atoms with van der Waals surface area (Å²) in [5.74, 6) is 0.346. The van der Waals surface area contributed by atoms with Crippen LogP contribution in [0.2, 0.25) is 0 Å². The van der Waals surface area contributed by atoms with Crippen molar-refractivity contribution in [3.8, 4) is 5.75 Å². The van der Waals surface area contributed by atoms with Crippen LogP contribution in [0, 0.1) is 0 Å². The van der Waals surface area contributed by atoms with Crippen LogP contribution in [0.15, 0.2) is 24.3 Å². The third-order valence-electron chi connectivity index (χ3n) is 2.58. The number of aliphatic hydroxyl groups excluding tert-OH is 1. The number of carbonyl (C=O) groups excluding carboxylic acids is 1. The van der Waals surface area contributed by atoms with Gasteiger partial charge in [-0.05, 0) is 31.0 Å². The lowest BCUT2D eigenvalue weighted by Crippen LogP contribution is -2.07. The summed E-state index contributed by atoms with van der Waals surface area (Å²) in [5, 5.41) is 9.33. The summed E-state index contributed by atoms with van der Waals surface area (Å²) in [6.07, 6.45) is 2.99. The zero-order valence-corrected chi connectivity index (χ0v) is 10.5. The first-order valence-corrected chi connectivity index (χ1v) is 6.12.